The normalized spacial score (nSPS) is 10.2. The smallest absolute Gasteiger partial charge is 0.337 e. The molecule has 0 heterocycles. The van der Waals surface area contributed by atoms with Crippen LogP contribution in [0.5, 0.6) is 0 Å². The van der Waals surface area contributed by atoms with E-state index in [0.717, 1.165) is 0 Å². The zero-order chi connectivity index (χ0) is 14.7. The molecule has 0 saturated heterocycles. The molecule has 0 radical (unpaired) electrons. The van der Waals surface area contributed by atoms with Crippen molar-refractivity contribution in [3.8, 4) is 0 Å². The highest BCUT2D eigenvalue weighted by molar-refractivity contribution is 6.30. The van der Waals surface area contributed by atoms with Crippen molar-refractivity contribution in [1.82, 2.24) is 0 Å². The molecule has 4 nitrogen and oxygen atoms in total. The number of benzene rings is 2. The number of hydrogen-bond donors (Lipinski definition) is 2. The summed E-state index contributed by atoms with van der Waals surface area (Å²) < 4.78 is 18.3. The van der Waals surface area contributed by atoms with E-state index in [1.165, 1.54) is 43.5 Å². The maximum Gasteiger partial charge on any atom is 0.337 e. The van der Waals surface area contributed by atoms with Crippen LogP contribution in [0.4, 0.5) is 21.5 Å². The molecular weight excluding hydrogens is 283 g/mol. The quantitative estimate of drug-likeness (QED) is 0.671. The highest BCUT2D eigenvalue weighted by Crippen LogP contribution is 2.28. The highest BCUT2D eigenvalue weighted by Gasteiger charge is 2.10. The van der Waals surface area contributed by atoms with Crippen molar-refractivity contribution in [2.75, 3.05) is 18.2 Å². The zero-order valence-electron chi connectivity index (χ0n) is 10.6. The Morgan fingerprint density at radius 3 is 2.70 bits per heavy atom. The Morgan fingerprint density at radius 1 is 1.25 bits per heavy atom. The third-order valence-electron chi connectivity index (χ3n) is 2.67. The monoisotopic (exact) mass is 294 g/mol. The summed E-state index contributed by atoms with van der Waals surface area (Å²) in [6.07, 6.45) is 0. The Labute approximate surface area is 120 Å². The van der Waals surface area contributed by atoms with Gasteiger partial charge >= 0.3 is 5.97 Å². The van der Waals surface area contributed by atoms with E-state index >= 15 is 0 Å². The second kappa shape index (κ2) is 5.79. The van der Waals surface area contributed by atoms with Gasteiger partial charge in [0.15, 0.2) is 0 Å². The van der Waals surface area contributed by atoms with E-state index in [-0.39, 0.29) is 5.69 Å². The molecule has 3 N–H and O–H groups in total. The molecule has 0 aromatic heterocycles. The van der Waals surface area contributed by atoms with Gasteiger partial charge in [0.1, 0.15) is 5.82 Å². The van der Waals surface area contributed by atoms with E-state index in [1.54, 1.807) is 0 Å². The van der Waals surface area contributed by atoms with Crippen LogP contribution in [0.3, 0.4) is 0 Å². The summed E-state index contributed by atoms with van der Waals surface area (Å²) in [4.78, 5) is 11.5. The van der Waals surface area contributed by atoms with Crippen LogP contribution in [0, 0.1) is 5.82 Å². The number of hydrogen-bond acceptors (Lipinski definition) is 4. The number of halogens is 2. The fourth-order valence-corrected chi connectivity index (χ4v) is 1.82. The van der Waals surface area contributed by atoms with Gasteiger partial charge in [-0.25, -0.2) is 9.18 Å². The van der Waals surface area contributed by atoms with Gasteiger partial charge in [-0.05, 0) is 36.4 Å². The van der Waals surface area contributed by atoms with Crippen molar-refractivity contribution < 1.29 is 13.9 Å². The third-order valence-corrected chi connectivity index (χ3v) is 2.91. The molecule has 0 unspecified atom stereocenters. The summed E-state index contributed by atoms with van der Waals surface area (Å²) >= 11 is 5.81. The first-order valence-electron chi connectivity index (χ1n) is 5.71. The number of nitrogens with one attached hydrogen (secondary N) is 1. The molecule has 0 amide bonds. The van der Waals surface area contributed by atoms with Gasteiger partial charge in [-0.3, -0.25) is 0 Å². The number of anilines is 3. The summed E-state index contributed by atoms with van der Waals surface area (Å²) in [7, 11) is 1.28. The Balaban J connectivity index is 2.37. The minimum atomic E-state index is -0.500. The lowest BCUT2D eigenvalue weighted by atomic mass is 10.1. The molecule has 0 bridgehead atoms. The van der Waals surface area contributed by atoms with E-state index in [9.17, 15) is 9.18 Å². The molecule has 0 spiro atoms. The van der Waals surface area contributed by atoms with Gasteiger partial charge in [-0.2, -0.15) is 0 Å². The molecular formula is C14H12ClFN2O2. The second-order valence-corrected chi connectivity index (χ2v) is 4.48. The van der Waals surface area contributed by atoms with Crippen LogP contribution in [0.2, 0.25) is 5.02 Å². The number of carbonyl (C=O) groups is 1. The molecule has 2 aromatic rings. The van der Waals surface area contributed by atoms with Crippen LogP contribution in [0.1, 0.15) is 10.4 Å². The first kappa shape index (κ1) is 14.1. The molecule has 6 heteroatoms. The average Bonchev–Trinajstić information content (AvgIpc) is 2.44. The van der Waals surface area contributed by atoms with Crippen molar-refractivity contribution in [2.45, 2.75) is 0 Å². The Hall–Kier alpha value is -2.27. The standard InChI is InChI=1S/C14H12ClFN2O2/c1-20-14(19)8-2-5-11(17)13(6-8)18-12-7-9(15)3-4-10(12)16/h2-7,18H,17H2,1H3. The van der Waals surface area contributed by atoms with Gasteiger partial charge < -0.3 is 15.8 Å². The highest BCUT2D eigenvalue weighted by atomic mass is 35.5. The van der Waals surface area contributed by atoms with E-state index in [2.05, 4.69) is 10.1 Å². The van der Waals surface area contributed by atoms with Crippen molar-refractivity contribution in [3.63, 3.8) is 0 Å². The first-order chi connectivity index (χ1) is 9.51. The van der Waals surface area contributed by atoms with Crippen molar-refractivity contribution in [3.05, 3.63) is 52.8 Å². The number of carbonyl (C=O) groups excluding carboxylic acids is 1. The minimum Gasteiger partial charge on any atom is -0.465 e. The largest absolute Gasteiger partial charge is 0.465 e. The van der Waals surface area contributed by atoms with Gasteiger partial charge in [0.25, 0.3) is 0 Å². The van der Waals surface area contributed by atoms with Crippen LogP contribution in [-0.4, -0.2) is 13.1 Å². The Morgan fingerprint density at radius 2 is 2.00 bits per heavy atom. The van der Waals surface area contributed by atoms with Gasteiger partial charge in [0, 0.05) is 5.02 Å². The molecule has 2 aromatic carbocycles. The lowest BCUT2D eigenvalue weighted by Gasteiger charge is -2.11. The van der Waals surface area contributed by atoms with Crippen LogP contribution in [0.25, 0.3) is 0 Å². The molecule has 104 valence electrons. The Kier molecular flexibility index (Phi) is 4.10. The summed E-state index contributed by atoms with van der Waals surface area (Å²) in [5.74, 6) is -0.975. The van der Waals surface area contributed by atoms with Crippen molar-refractivity contribution in [2.24, 2.45) is 0 Å². The van der Waals surface area contributed by atoms with Crippen LogP contribution in [0.15, 0.2) is 36.4 Å². The van der Waals surface area contributed by atoms with E-state index < -0.39 is 11.8 Å². The lowest BCUT2D eigenvalue weighted by Crippen LogP contribution is -2.04. The van der Waals surface area contributed by atoms with Gasteiger partial charge in [0.2, 0.25) is 0 Å². The first-order valence-corrected chi connectivity index (χ1v) is 6.09. The number of rotatable bonds is 3. The topological polar surface area (TPSA) is 64.3 Å². The number of nitrogen functional groups attached to an aromatic ring is 1. The Bertz CT molecular complexity index is 662. The van der Waals surface area contributed by atoms with Gasteiger partial charge in [-0.1, -0.05) is 11.6 Å². The SMILES string of the molecule is COC(=O)c1ccc(N)c(Nc2cc(Cl)ccc2F)c1. The maximum atomic E-state index is 13.7. The fourth-order valence-electron chi connectivity index (χ4n) is 1.65. The molecule has 0 aliphatic rings. The lowest BCUT2D eigenvalue weighted by molar-refractivity contribution is 0.0601. The molecule has 2 rings (SSSR count). The van der Waals surface area contributed by atoms with E-state index in [4.69, 9.17) is 17.3 Å². The van der Waals surface area contributed by atoms with Crippen molar-refractivity contribution in [1.29, 1.82) is 0 Å². The van der Waals surface area contributed by atoms with E-state index in [1.807, 2.05) is 0 Å². The molecule has 0 saturated carbocycles. The van der Waals surface area contributed by atoms with E-state index in [0.29, 0.717) is 22.0 Å². The minimum absolute atomic E-state index is 0.172. The van der Waals surface area contributed by atoms with Gasteiger partial charge in [-0.15, -0.1) is 0 Å². The van der Waals surface area contributed by atoms with Gasteiger partial charge in [0.05, 0.1) is 29.7 Å². The average molecular weight is 295 g/mol. The number of esters is 1. The number of nitrogens with two attached hydrogens (primary N) is 1. The molecule has 0 fully saturated rings. The van der Waals surface area contributed by atoms with Crippen LogP contribution < -0.4 is 11.1 Å². The summed E-state index contributed by atoms with van der Waals surface area (Å²) in [5, 5.41) is 3.19. The predicted molar refractivity (Wildman–Crippen MR) is 76.9 cm³/mol. The number of methoxy groups -OCH3 is 1. The predicted octanol–water partition coefficient (Wildman–Crippen LogP) is 3.59. The molecule has 0 atom stereocenters. The third kappa shape index (κ3) is 3.00. The zero-order valence-corrected chi connectivity index (χ0v) is 11.4. The fraction of sp³-hybridized carbons (Fsp3) is 0.0714. The summed E-state index contributed by atoms with van der Waals surface area (Å²) in [6, 6.07) is 8.67. The second-order valence-electron chi connectivity index (χ2n) is 4.04. The molecule has 20 heavy (non-hydrogen) atoms. The van der Waals surface area contributed by atoms with Crippen LogP contribution >= 0.6 is 11.6 Å². The summed E-state index contributed by atoms with van der Waals surface area (Å²) in [5.41, 5.74) is 7.05. The molecule has 0 aliphatic carbocycles. The number of ether oxygens (including phenoxy) is 1. The van der Waals surface area contributed by atoms with Crippen molar-refractivity contribution >= 4 is 34.6 Å². The molecule has 0 aliphatic heterocycles. The van der Waals surface area contributed by atoms with Crippen LogP contribution in [-0.2, 0) is 4.74 Å². The maximum absolute atomic E-state index is 13.7. The summed E-state index contributed by atoms with van der Waals surface area (Å²) in [6.45, 7) is 0.